The molecule has 1 heterocycles. The van der Waals surface area contributed by atoms with Crippen LogP contribution in [0.3, 0.4) is 0 Å². The third-order valence-electron chi connectivity index (χ3n) is 5.15. The van der Waals surface area contributed by atoms with Gasteiger partial charge in [0.2, 0.25) is 5.91 Å². The van der Waals surface area contributed by atoms with E-state index >= 15 is 0 Å². The van der Waals surface area contributed by atoms with E-state index in [-0.39, 0.29) is 24.4 Å². The maximum absolute atomic E-state index is 11.8. The van der Waals surface area contributed by atoms with Gasteiger partial charge in [-0.25, -0.2) is 0 Å². The van der Waals surface area contributed by atoms with Gasteiger partial charge in [-0.15, -0.1) is 12.4 Å². The van der Waals surface area contributed by atoms with Crippen LogP contribution in [-0.4, -0.2) is 38.3 Å². The Kier molecular flexibility index (Phi) is 6.12. The summed E-state index contributed by atoms with van der Waals surface area (Å²) in [6.45, 7) is 3.16. The van der Waals surface area contributed by atoms with E-state index in [1.807, 2.05) is 0 Å². The second-order valence-corrected chi connectivity index (χ2v) is 6.50. The second kappa shape index (κ2) is 7.62. The molecule has 4 atom stereocenters. The van der Waals surface area contributed by atoms with E-state index in [9.17, 15) is 4.79 Å². The molecule has 2 bridgehead atoms. The number of fused-ring (bicyclic) bond motifs is 2. The Morgan fingerprint density at radius 2 is 2.20 bits per heavy atom. The van der Waals surface area contributed by atoms with Crippen LogP contribution < -0.4 is 10.6 Å². The summed E-state index contributed by atoms with van der Waals surface area (Å²) in [6.07, 6.45) is 7.51. The van der Waals surface area contributed by atoms with Crippen molar-refractivity contribution in [2.75, 3.05) is 26.3 Å². The lowest BCUT2D eigenvalue weighted by atomic mass is 9.86. The molecule has 5 heteroatoms. The van der Waals surface area contributed by atoms with Gasteiger partial charge in [0.15, 0.2) is 0 Å². The molecule has 3 fully saturated rings. The molecule has 0 aromatic carbocycles. The Balaban J connectivity index is 0.00000147. The molecule has 4 nitrogen and oxygen atoms in total. The third-order valence-corrected chi connectivity index (χ3v) is 5.15. The van der Waals surface area contributed by atoms with Gasteiger partial charge in [-0.1, -0.05) is 6.42 Å². The van der Waals surface area contributed by atoms with Crippen LogP contribution in [0.15, 0.2) is 0 Å². The van der Waals surface area contributed by atoms with Crippen LogP contribution in [0.2, 0.25) is 0 Å². The summed E-state index contributed by atoms with van der Waals surface area (Å²) in [5.41, 5.74) is 0. The van der Waals surface area contributed by atoms with Crippen molar-refractivity contribution in [2.45, 2.75) is 44.6 Å². The highest BCUT2D eigenvalue weighted by molar-refractivity contribution is 5.85. The topological polar surface area (TPSA) is 50.4 Å². The first-order chi connectivity index (χ1) is 9.31. The van der Waals surface area contributed by atoms with Gasteiger partial charge in [0.1, 0.15) is 0 Å². The fourth-order valence-electron chi connectivity index (χ4n) is 4.17. The summed E-state index contributed by atoms with van der Waals surface area (Å²) in [4.78, 5) is 11.8. The van der Waals surface area contributed by atoms with Crippen molar-refractivity contribution in [3.05, 3.63) is 0 Å². The second-order valence-electron chi connectivity index (χ2n) is 6.50. The quantitative estimate of drug-likeness (QED) is 0.813. The van der Waals surface area contributed by atoms with E-state index in [0.29, 0.717) is 13.0 Å². The Hall–Kier alpha value is -0.320. The summed E-state index contributed by atoms with van der Waals surface area (Å²) >= 11 is 0. The highest BCUT2D eigenvalue weighted by atomic mass is 35.5. The smallest absolute Gasteiger partial charge is 0.221 e. The van der Waals surface area contributed by atoms with Gasteiger partial charge in [0, 0.05) is 25.6 Å². The number of hydrogen-bond donors (Lipinski definition) is 2. The predicted molar refractivity (Wildman–Crippen MR) is 81.0 cm³/mol. The van der Waals surface area contributed by atoms with Crippen molar-refractivity contribution >= 4 is 18.3 Å². The van der Waals surface area contributed by atoms with Gasteiger partial charge < -0.3 is 15.4 Å². The number of morpholine rings is 1. The highest BCUT2D eigenvalue weighted by Crippen LogP contribution is 2.49. The molecule has 0 aromatic heterocycles. The minimum atomic E-state index is 0. The Labute approximate surface area is 127 Å². The van der Waals surface area contributed by atoms with E-state index in [0.717, 1.165) is 37.5 Å². The standard InChI is InChI=1S/C15H26N2O2.ClH/c18-15(9-14-10-19-6-5-16-14)17-4-3-13-8-11-1-2-12(13)7-11;/h11-14,16H,1-10H2,(H,17,18);1H. The summed E-state index contributed by atoms with van der Waals surface area (Å²) in [6, 6.07) is 0.205. The zero-order chi connectivity index (χ0) is 13.1. The summed E-state index contributed by atoms with van der Waals surface area (Å²) < 4.78 is 5.36. The SMILES string of the molecule is Cl.O=C(CC1COCCN1)NCCC1CC2CCC1C2. The molecule has 116 valence electrons. The van der Waals surface area contributed by atoms with E-state index < -0.39 is 0 Å². The average Bonchev–Trinajstić information content (AvgIpc) is 3.02. The summed E-state index contributed by atoms with van der Waals surface area (Å²) in [5, 5.41) is 6.40. The number of carbonyl (C=O) groups excluding carboxylic acids is 1. The fourth-order valence-corrected chi connectivity index (χ4v) is 4.17. The summed E-state index contributed by atoms with van der Waals surface area (Å²) in [7, 11) is 0. The lowest BCUT2D eigenvalue weighted by molar-refractivity contribution is -0.122. The van der Waals surface area contributed by atoms with Crippen molar-refractivity contribution in [3.63, 3.8) is 0 Å². The van der Waals surface area contributed by atoms with Crippen LogP contribution in [0, 0.1) is 17.8 Å². The lowest BCUT2D eigenvalue weighted by Crippen LogP contribution is -2.44. The van der Waals surface area contributed by atoms with Gasteiger partial charge >= 0.3 is 0 Å². The molecule has 3 aliphatic rings. The molecule has 0 radical (unpaired) electrons. The van der Waals surface area contributed by atoms with E-state index in [1.165, 1.54) is 32.1 Å². The molecule has 2 N–H and O–H groups in total. The number of carbonyl (C=O) groups is 1. The minimum Gasteiger partial charge on any atom is -0.378 e. The summed E-state index contributed by atoms with van der Waals surface area (Å²) in [5.74, 6) is 3.03. The van der Waals surface area contributed by atoms with Crippen LogP contribution in [0.25, 0.3) is 0 Å². The predicted octanol–water partition coefficient (Wildman–Crippen LogP) is 1.73. The molecule has 2 saturated carbocycles. The first-order valence-electron chi connectivity index (χ1n) is 7.89. The Morgan fingerprint density at radius 1 is 1.30 bits per heavy atom. The van der Waals surface area contributed by atoms with Crippen molar-refractivity contribution in [1.82, 2.24) is 10.6 Å². The first kappa shape index (κ1) is 16.1. The van der Waals surface area contributed by atoms with Gasteiger partial charge in [0.25, 0.3) is 0 Å². The Bertz CT molecular complexity index is 321. The zero-order valence-electron chi connectivity index (χ0n) is 12.1. The number of nitrogens with one attached hydrogen (secondary N) is 2. The first-order valence-corrected chi connectivity index (χ1v) is 7.89. The van der Waals surface area contributed by atoms with Gasteiger partial charge in [-0.3, -0.25) is 4.79 Å². The molecule has 0 spiro atoms. The number of hydrogen-bond acceptors (Lipinski definition) is 3. The van der Waals surface area contributed by atoms with Crippen LogP contribution in [0.1, 0.15) is 38.5 Å². The normalized spacial score (nSPS) is 35.6. The fraction of sp³-hybridized carbons (Fsp3) is 0.933. The third kappa shape index (κ3) is 4.09. The van der Waals surface area contributed by atoms with Crippen molar-refractivity contribution in [3.8, 4) is 0 Å². The lowest BCUT2D eigenvalue weighted by Gasteiger charge is -2.24. The van der Waals surface area contributed by atoms with Crippen molar-refractivity contribution in [2.24, 2.45) is 17.8 Å². The van der Waals surface area contributed by atoms with Gasteiger partial charge in [0.05, 0.1) is 13.2 Å². The molecule has 2 aliphatic carbocycles. The van der Waals surface area contributed by atoms with E-state index in [4.69, 9.17) is 4.74 Å². The largest absolute Gasteiger partial charge is 0.378 e. The number of halogens is 1. The number of amides is 1. The Morgan fingerprint density at radius 3 is 2.85 bits per heavy atom. The minimum absolute atomic E-state index is 0. The van der Waals surface area contributed by atoms with Gasteiger partial charge in [-0.2, -0.15) is 0 Å². The van der Waals surface area contributed by atoms with E-state index in [2.05, 4.69) is 10.6 Å². The zero-order valence-corrected chi connectivity index (χ0v) is 12.9. The van der Waals surface area contributed by atoms with Crippen LogP contribution >= 0.6 is 12.4 Å². The van der Waals surface area contributed by atoms with Crippen LogP contribution in [0.4, 0.5) is 0 Å². The molecular weight excluding hydrogens is 276 g/mol. The maximum Gasteiger partial charge on any atom is 0.221 e. The monoisotopic (exact) mass is 302 g/mol. The molecule has 1 amide bonds. The molecule has 3 rings (SSSR count). The molecule has 1 saturated heterocycles. The van der Waals surface area contributed by atoms with Crippen molar-refractivity contribution < 1.29 is 9.53 Å². The average molecular weight is 303 g/mol. The van der Waals surface area contributed by atoms with Crippen LogP contribution in [0.5, 0.6) is 0 Å². The molecule has 0 aromatic rings. The molecule has 4 unspecified atom stereocenters. The van der Waals surface area contributed by atoms with Gasteiger partial charge in [-0.05, 0) is 43.4 Å². The molecule has 1 aliphatic heterocycles. The van der Waals surface area contributed by atoms with E-state index in [1.54, 1.807) is 0 Å². The maximum atomic E-state index is 11.8. The number of rotatable bonds is 5. The number of ether oxygens (including phenoxy) is 1. The highest BCUT2D eigenvalue weighted by Gasteiger charge is 2.38. The van der Waals surface area contributed by atoms with Crippen molar-refractivity contribution in [1.29, 1.82) is 0 Å². The molecule has 20 heavy (non-hydrogen) atoms. The van der Waals surface area contributed by atoms with Crippen LogP contribution in [-0.2, 0) is 9.53 Å². The molecular formula is C15H27ClN2O2.